The molecule has 0 unspecified atom stereocenters. The van der Waals surface area contributed by atoms with Gasteiger partial charge in [0.15, 0.2) is 0 Å². The van der Waals surface area contributed by atoms with E-state index in [4.69, 9.17) is 16.3 Å². The molecule has 25 heavy (non-hydrogen) atoms. The highest BCUT2D eigenvalue weighted by Gasteiger charge is 2.13. The van der Waals surface area contributed by atoms with Crippen LogP contribution in [0.2, 0.25) is 5.02 Å². The number of amides is 2. The lowest BCUT2D eigenvalue weighted by Gasteiger charge is -2.09. The molecule has 0 aliphatic heterocycles. The van der Waals surface area contributed by atoms with Crippen LogP contribution >= 0.6 is 11.6 Å². The summed E-state index contributed by atoms with van der Waals surface area (Å²) in [4.78, 5) is 28.6. The Morgan fingerprint density at radius 1 is 1.16 bits per heavy atom. The quantitative estimate of drug-likeness (QED) is 0.743. The van der Waals surface area contributed by atoms with Gasteiger partial charge < -0.3 is 15.4 Å². The van der Waals surface area contributed by atoms with Gasteiger partial charge in [-0.05, 0) is 49.2 Å². The third-order valence-corrected chi connectivity index (χ3v) is 3.70. The second-order valence-electron chi connectivity index (χ2n) is 5.42. The Morgan fingerprint density at radius 3 is 2.56 bits per heavy atom. The molecular weight excluding hydrogens is 342 g/mol. The molecule has 2 rings (SSSR count). The van der Waals surface area contributed by atoms with E-state index in [1.165, 1.54) is 0 Å². The standard InChI is InChI=1S/C18H20ClN3O3/c1-12-11-13(19)7-8-14(12)22-18(24)16-6-3-5-15(21-16)17(23)20-9-4-10-25-2/h3,5-8,11H,4,9-10H2,1-2H3,(H,20,23)(H,22,24). The molecule has 0 spiro atoms. The molecule has 0 saturated carbocycles. The molecule has 2 aromatic rings. The van der Waals surface area contributed by atoms with Crippen LogP contribution in [-0.2, 0) is 4.74 Å². The summed E-state index contributed by atoms with van der Waals surface area (Å²) in [6.45, 7) is 2.89. The van der Waals surface area contributed by atoms with Gasteiger partial charge in [-0.3, -0.25) is 9.59 Å². The van der Waals surface area contributed by atoms with Crippen molar-refractivity contribution in [1.29, 1.82) is 0 Å². The highest BCUT2D eigenvalue weighted by molar-refractivity contribution is 6.30. The number of carbonyl (C=O) groups excluding carboxylic acids is 2. The number of hydrogen-bond donors (Lipinski definition) is 2. The molecule has 0 saturated heterocycles. The van der Waals surface area contributed by atoms with E-state index in [0.29, 0.717) is 30.3 Å². The Morgan fingerprint density at radius 2 is 1.88 bits per heavy atom. The topological polar surface area (TPSA) is 80.3 Å². The summed E-state index contributed by atoms with van der Waals surface area (Å²) in [5.74, 6) is -0.715. The predicted molar refractivity (Wildman–Crippen MR) is 97.2 cm³/mol. The molecule has 1 aromatic carbocycles. The number of aryl methyl sites for hydroxylation is 1. The average molecular weight is 362 g/mol. The van der Waals surface area contributed by atoms with Crippen LogP contribution in [0, 0.1) is 6.92 Å². The first-order valence-electron chi connectivity index (χ1n) is 7.83. The molecule has 1 heterocycles. The third kappa shape index (κ3) is 5.55. The number of nitrogens with zero attached hydrogens (tertiary/aromatic N) is 1. The summed E-state index contributed by atoms with van der Waals surface area (Å²) in [5, 5.41) is 6.11. The minimum Gasteiger partial charge on any atom is -0.385 e. The number of aromatic nitrogens is 1. The van der Waals surface area contributed by atoms with E-state index in [9.17, 15) is 9.59 Å². The van der Waals surface area contributed by atoms with Gasteiger partial charge >= 0.3 is 0 Å². The zero-order chi connectivity index (χ0) is 18.2. The molecule has 0 aliphatic carbocycles. The molecular formula is C18H20ClN3O3. The van der Waals surface area contributed by atoms with Crippen molar-refractivity contribution in [3.63, 3.8) is 0 Å². The Balaban J connectivity index is 2.04. The first-order valence-corrected chi connectivity index (χ1v) is 8.20. The van der Waals surface area contributed by atoms with Crippen molar-refractivity contribution in [2.45, 2.75) is 13.3 Å². The smallest absolute Gasteiger partial charge is 0.274 e. The van der Waals surface area contributed by atoms with Crippen molar-refractivity contribution < 1.29 is 14.3 Å². The number of pyridine rings is 1. The second kappa shape index (κ2) is 9.15. The van der Waals surface area contributed by atoms with Gasteiger partial charge in [-0.2, -0.15) is 0 Å². The molecule has 2 N–H and O–H groups in total. The fraction of sp³-hybridized carbons (Fsp3) is 0.278. The zero-order valence-corrected chi connectivity index (χ0v) is 14.9. The molecule has 2 amide bonds. The van der Waals surface area contributed by atoms with Gasteiger partial charge in [0, 0.05) is 31.0 Å². The average Bonchev–Trinajstić information content (AvgIpc) is 2.61. The summed E-state index contributed by atoms with van der Waals surface area (Å²) in [7, 11) is 1.61. The van der Waals surface area contributed by atoms with Crippen LogP contribution in [0.4, 0.5) is 5.69 Å². The molecule has 0 radical (unpaired) electrons. The van der Waals surface area contributed by atoms with Crippen LogP contribution in [0.25, 0.3) is 0 Å². The van der Waals surface area contributed by atoms with Gasteiger partial charge in [-0.1, -0.05) is 17.7 Å². The number of hydrogen-bond acceptors (Lipinski definition) is 4. The number of anilines is 1. The normalized spacial score (nSPS) is 10.4. The number of rotatable bonds is 7. The maximum Gasteiger partial charge on any atom is 0.274 e. The minimum absolute atomic E-state index is 0.166. The van der Waals surface area contributed by atoms with Crippen molar-refractivity contribution in [2.24, 2.45) is 0 Å². The number of methoxy groups -OCH3 is 1. The summed E-state index contributed by atoms with van der Waals surface area (Å²) in [6.07, 6.45) is 0.707. The fourth-order valence-electron chi connectivity index (χ4n) is 2.15. The molecule has 132 valence electrons. The lowest BCUT2D eigenvalue weighted by atomic mass is 10.2. The second-order valence-corrected chi connectivity index (χ2v) is 5.86. The highest BCUT2D eigenvalue weighted by Crippen LogP contribution is 2.20. The van der Waals surface area contributed by atoms with Crippen LogP contribution in [-0.4, -0.2) is 37.1 Å². The van der Waals surface area contributed by atoms with Gasteiger partial charge in [-0.25, -0.2) is 4.98 Å². The maximum absolute atomic E-state index is 12.4. The number of ether oxygens (including phenoxy) is 1. The number of benzene rings is 1. The first-order chi connectivity index (χ1) is 12.0. The van der Waals surface area contributed by atoms with Crippen molar-refractivity contribution in [2.75, 3.05) is 25.6 Å². The largest absolute Gasteiger partial charge is 0.385 e. The molecule has 7 heteroatoms. The third-order valence-electron chi connectivity index (χ3n) is 3.46. The summed E-state index contributed by atoms with van der Waals surface area (Å²) < 4.78 is 4.93. The monoisotopic (exact) mass is 361 g/mol. The zero-order valence-electron chi connectivity index (χ0n) is 14.1. The Kier molecular flexibility index (Phi) is 6.91. The highest BCUT2D eigenvalue weighted by atomic mass is 35.5. The molecule has 6 nitrogen and oxygen atoms in total. The Bertz CT molecular complexity index is 765. The van der Waals surface area contributed by atoms with Gasteiger partial charge in [0.05, 0.1) is 0 Å². The number of carbonyl (C=O) groups is 2. The Hall–Kier alpha value is -2.44. The summed E-state index contributed by atoms with van der Waals surface area (Å²) in [5.41, 5.74) is 1.84. The Labute approximate surface area is 151 Å². The van der Waals surface area contributed by atoms with E-state index < -0.39 is 0 Å². The minimum atomic E-state index is -0.389. The maximum atomic E-state index is 12.4. The number of halogens is 1. The van der Waals surface area contributed by atoms with Crippen molar-refractivity contribution in [3.8, 4) is 0 Å². The van der Waals surface area contributed by atoms with Gasteiger partial charge in [0.1, 0.15) is 11.4 Å². The van der Waals surface area contributed by atoms with Gasteiger partial charge in [0.2, 0.25) is 0 Å². The van der Waals surface area contributed by atoms with E-state index >= 15 is 0 Å². The molecule has 0 fully saturated rings. The summed E-state index contributed by atoms with van der Waals surface area (Å²) in [6, 6.07) is 9.93. The fourth-order valence-corrected chi connectivity index (χ4v) is 2.38. The predicted octanol–water partition coefficient (Wildman–Crippen LogP) is 3.06. The lowest BCUT2D eigenvalue weighted by molar-refractivity contribution is 0.0943. The van der Waals surface area contributed by atoms with Crippen LogP contribution in [0.15, 0.2) is 36.4 Å². The molecule has 0 aliphatic rings. The van der Waals surface area contributed by atoms with Crippen LogP contribution in [0.3, 0.4) is 0 Å². The number of nitrogens with one attached hydrogen (secondary N) is 2. The van der Waals surface area contributed by atoms with Crippen molar-refractivity contribution in [1.82, 2.24) is 10.3 Å². The van der Waals surface area contributed by atoms with Gasteiger partial charge in [0.25, 0.3) is 11.8 Å². The first kappa shape index (κ1) is 18.9. The van der Waals surface area contributed by atoms with Crippen LogP contribution < -0.4 is 10.6 Å². The van der Waals surface area contributed by atoms with E-state index in [1.807, 2.05) is 6.92 Å². The summed E-state index contributed by atoms with van der Waals surface area (Å²) >= 11 is 5.91. The van der Waals surface area contributed by atoms with Crippen LogP contribution in [0.1, 0.15) is 33.0 Å². The molecule has 0 bridgehead atoms. The van der Waals surface area contributed by atoms with Crippen molar-refractivity contribution >= 4 is 29.1 Å². The molecule has 1 aromatic heterocycles. The lowest BCUT2D eigenvalue weighted by Crippen LogP contribution is -2.27. The van der Waals surface area contributed by atoms with E-state index in [-0.39, 0.29) is 23.2 Å². The van der Waals surface area contributed by atoms with Gasteiger partial charge in [-0.15, -0.1) is 0 Å². The van der Waals surface area contributed by atoms with E-state index in [2.05, 4.69) is 15.6 Å². The SMILES string of the molecule is COCCCNC(=O)c1cccc(C(=O)Nc2ccc(Cl)cc2C)n1. The van der Waals surface area contributed by atoms with Crippen molar-refractivity contribution in [3.05, 3.63) is 58.4 Å². The molecule has 0 atom stereocenters. The van der Waals surface area contributed by atoms with Crippen LogP contribution in [0.5, 0.6) is 0 Å². The van der Waals surface area contributed by atoms with E-state index in [1.54, 1.807) is 43.5 Å². The van der Waals surface area contributed by atoms with E-state index in [0.717, 1.165) is 5.56 Å².